The van der Waals surface area contributed by atoms with Crippen molar-refractivity contribution in [3.8, 4) is 0 Å². The van der Waals surface area contributed by atoms with E-state index in [9.17, 15) is 0 Å². The molecule has 8 heteroatoms. The number of ether oxygens (including phenoxy) is 1. The van der Waals surface area contributed by atoms with Gasteiger partial charge in [0.15, 0.2) is 0 Å². The molecule has 25 heavy (non-hydrogen) atoms. The zero-order chi connectivity index (χ0) is 17.1. The minimum Gasteiger partial charge on any atom is -0.376 e. The molecule has 0 aromatic carbocycles. The van der Waals surface area contributed by atoms with E-state index in [0.717, 1.165) is 35.9 Å². The minimum absolute atomic E-state index is 0.250. The standard InChI is InChI=1S/C17H20N6OS/c1-22-17-14(12-24-11-13-3-2-4-18-7-13)8-23(9-15(17)20-21-22)10-16-19-5-6-25-16/h2-7,14H,8-12H2,1H3/t14-/m1/s1. The quantitative estimate of drug-likeness (QED) is 0.673. The van der Waals surface area contributed by atoms with Gasteiger partial charge < -0.3 is 4.74 Å². The smallest absolute Gasteiger partial charge is 0.107 e. The molecule has 4 heterocycles. The molecule has 1 aliphatic heterocycles. The number of rotatable bonds is 6. The molecule has 0 amide bonds. The molecule has 130 valence electrons. The maximum absolute atomic E-state index is 5.98. The van der Waals surface area contributed by atoms with Crippen LogP contribution in [-0.4, -0.2) is 43.0 Å². The fourth-order valence-electron chi connectivity index (χ4n) is 3.27. The van der Waals surface area contributed by atoms with Crippen molar-refractivity contribution in [1.82, 2.24) is 29.9 Å². The highest BCUT2D eigenvalue weighted by Crippen LogP contribution is 2.28. The van der Waals surface area contributed by atoms with Gasteiger partial charge in [-0.2, -0.15) is 0 Å². The second kappa shape index (κ2) is 7.38. The van der Waals surface area contributed by atoms with Gasteiger partial charge in [0, 0.05) is 50.0 Å². The molecular weight excluding hydrogens is 336 g/mol. The summed E-state index contributed by atoms with van der Waals surface area (Å²) in [4.78, 5) is 10.9. The molecule has 4 rings (SSSR count). The zero-order valence-electron chi connectivity index (χ0n) is 14.1. The van der Waals surface area contributed by atoms with Crippen LogP contribution in [0.3, 0.4) is 0 Å². The summed E-state index contributed by atoms with van der Waals surface area (Å²) in [6.07, 6.45) is 5.47. The van der Waals surface area contributed by atoms with Crippen LogP contribution in [0.2, 0.25) is 0 Å². The Morgan fingerprint density at radius 2 is 2.32 bits per heavy atom. The van der Waals surface area contributed by atoms with Crippen molar-refractivity contribution in [3.05, 3.63) is 58.1 Å². The lowest BCUT2D eigenvalue weighted by molar-refractivity contribution is 0.0828. The van der Waals surface area contributed by atoms with E-state index >= 15 is 0 Å². The maximum Gasteiger partial charge on any atom is 0.107 e. The van der Waals surface area contributed by atoms with E-state index in [1.54, 1.807) is 17.5 Å². The van der Waals surface area contributed by atoms with Crippen LogP contribution in [0.1, 0.15) is 27.9 Å². The number of nitrogens with zero attached hydrogens (tertiary/aromatic N) is 6. The number of hydrogen-bond donors (Lipinski definition) is 0. The molecule has 0 aliphatic carbocycles. The SMILES string of the molecule is Cn1nnc2c1[C@@H](COCc1cccnc1)CN(Cc1nccs1)C2. The molecule has 3 aromatic rings. The largest absolute Gasteiger partial charge is 0.376 e. The monoisotopic (exact) mass is 356 g/mol. The van der Waals surface area contributed by atoms with Crippen LogP contribution in [0, 0.1) is 0 Å². The molecule has 0 radical (unpaired) electrons. The van der Waals surface area contributed by atoms with E-state index in [-0.39, 0.29) is 5.92 Å². The number of aromatic nitrogens is 5. The van der Waals surface area contributed by atoms with Crippen molar-refractivity contribution in [2.24, 2.45) is 7.05 Å². The highest BCUT2D eigenvalue weighted by molar-refractivity contribution is 7.09. The van der Waals surface area contributed by atoms with Crippen molar-refractivity contribution >= 4 is 11.3 Å². The lowest BCUT2D eigenvalue weighted by atomic mass is 9.99. The van der Waals surface area contributed by atoms with E-state index in [1.165, 1.54) is 5.69 Å². The summed E-state index contributed by atoms with van der Waals surface area (Å²) in [7, 11) is 1.95. The van der Waals surface area contributed by atoms with Crippen LogP contribution in [0.4, 0.5) is 0 Å². The van der Waals surface area contributed by atoms with E-state index in [1.807, 2.05) is 41.6 Å². The van der Waals surface area contributed by atoms with E-state index in [2.05, 4.69) is 25.2 Å². The average molecular weight is 356 g/mol. The Morgan fingerprint density at radius 1 is 1.36 bits per heavy atom. The Morgan fingerprint density at radius 3 is 3.12 bits per heavy atom. The summed E-state index contributed by atoms with van der Waals surface area (Å²) < 4.78 is 7.86. The summed E-state index contributed by atoms with van der Waals surface area (Å²) >= 11 is 1.69. The third-order valence-electron chi connectivity index (χ3n) is 4.34. The zero-order valence-corrected chi connectivity index (χ0v) is 14.9. The van der Waals surface area contributed by atoms with Crippen LogP contribution in [0.25, 0.3) is 0 Å². The second-order valence-electron chi connectivity index (χ2n) is 6.21. The third kappa shape index (κ3) is 3.76. The predicted molar refractivity (Wildman–Crippen MR) is 93.9 cm³/mol. The summed E-state index contributed by atoms with van der Waals surface area (Å²) in [6.45, 7) is 3.77. The normalized spacial score (nSPS) is 17.6. The van der Waals surface area contributed by atoms with Crippen molar-refractivity contribution in [1.29, 1.82) is 0 Å². The van der Waals surface area contributed by atoms with E-state index in [4.69, 9.17) is 4.74 Å². The molecule has 1 aliphatic rings. The van der Waals surface area contributed by atoms with Gasteiger partial charge in [0.2, 0.25) is 0 Å². The number of hydrogen-bond acceptors (Lipinski definition) is 7. The molecule has 3 aromatic heterocycles. The Bertz CT molecular complexity index is 804. The Labute approximate surface area is 150 Å². The van der Waals surface area contributed by atoms with Crippen LogP contribution in [0.15, 0.2) is 36.1 Å². The van der Waals surface area contributed by atoms with Crippen LogP contribution in [0.5, 0.6) is 0 Å². The van der Waals surface area contributed by atoms with Gasteiger partial charge in [-0.05, 0) is 11.6 Å². The number of aryl methyl sites for hydroxylation is 1. The molecule has 0 unspecified atom stereocenters. The first-order valence-electron chi connectivity index (χ1n) is 8.25. The molecule has 0 saturated carbocycles. The molecule has 0 saturated heterocycles. The molecule has 0 N–H and O–H groups in total. The number of thiazole rings is 1. The lowest BCUT2D eigenvalue weighted by Gasteiger charge is -2.31. The molecule has 7 nitrogen and oxygen atoms in total. The topological polar surface area (TPSA) is 69.0 Å². The molecule has 0 fully saturated rings. The highest BCUT2D eigenvalue weighted by atomic mass is 32.1. The molecule has 0 bridgehead atoms. The van der Waals surface area contributed by atoms with Crippen molar-refractivity contribution in [2.75, 3.05) is 13.2 Å². The van der Waals surface area contributed by atoms with Crippen molar-refractivity contribution in [2.45, 2.75) is 25.6 Å². The number of pyridine rings is 1. The average Bonchev–Trinajstić information content (AvgIpc) is 3.26. The van der Waals surface area contributed by atoms with Crippen LogP contribution in [-0.2, 0) is 31.5 Å². The summed E-state index contributed by atoms with van der Waals surface area (Å²) in [6, 6.07) is 3.96. The van der Waals surface area contributed by atoms with Crippen molar-refractivity contribution < 1.29 is 4.74 Å². The predicted octanol–water partition coefficient (Wildman–Crippen LogP) is 1.98. The first-order valence-corrected chi connectivity index (χ1v) is 9.13. The summed E-state index contributed by atoms with van der Waals surface area (Å²) in [5, 5.41) is 11.7. The molecular formula is C17H20N6OS. The Hall–Kier alpha value is -2.16. The third-order valence-corrected chi connectivity index (χ3v) is 5.10. The van der Waals surface area contributed by atoms with Gasteiger partial charge in [-0.25, -0.2) is 4.98 Å². The fourth-order valence-corrected chi connectivity index (χ4v) is 3.93. The highest BCUT2D eigenvalue weighted by Gasteiger charge is 2.30. The lowest BCUT2D eigenvalue weighted by Crippen LogP contribution is -2.36. The van der Waals surface area contributed by atoms with Crippen LogP contribution < -0.4 is 0 Å². The van der Waals surface area contributed by atoms with Gasteiger partial charge in [-0.1, -0.05) is 11.3 Å². The van der Waals surface area contributed by atoms with E-state index < -0.39 is 0 Å². The Kier molecular flexibility index (Phi) is 4.82. The van der Waals surface area contributed by atoms with Crippen molar-refractivity contribution in [3.63, 3.8) is 0 Å². The van der Waals surface area contributed by atoms with E-state index in [0.29, 0.717) is 13.2 Å². The summed E-state index contributed by atoms with van der Waals surface area (Å²) in [5.74, 6) is 0.250. The minimum atomic E-state index is 0.250. The van der Waals surface area contributed by atoms with Gasteiger partial charge in [0.05, 0.1) is 25.5 Å². The van der Waals surface area contributed by atoms with Gasteiger partial charge in [-0.3, -0.25) is 14.6 Å². The maximum atomic E-state index is 5.98. The molecule has 0 spiro atoms. The number of fused-ring (bicyclic) bond motifs is 1. The van der Waals surface area contributed by atoms with Gasteiger partial charge >= 0.3 is 0 Å². The fraction of sp³-hybridized carbons (Fsp3) is 0.412. The Balaban J connectivity index is 1.44. The first-order chi connectivity index (χ1) is 12.3. The second-order valence-corrected chi connectivity index (χ2v) is 7.19. The molecule has 1 atom stereocenters. The summed E-state index contributed by atoms with van der Waals surface area (Å²) in [5.41, 5.74) is 3.31. The van der Waals surface area contributed by atoms with Gasteiger partial charge in [0.25, 0.3) is 0 Å². The first kappa shape index (κ1) is 16.3. The van der Waals surface area contributed by atoms with Gasteiger partial charge in [0.1, 0.15) is 10.7 Å². The van der Waals surface area contributed by atoms with Crippen LogP contribution >= 0.6 is 11.3 Å². The van der Waals surface area contributed by atoms with Gasteiger partial charge in [-0.15, -0.1) is 16.4 Å².